The third-order valence-electron chi connectivity index (χ3n) is 6.16. The Labute approximate surface area is 191 Å². The summed E-state index contributed by atoms with van der Waals surface area (Å²) in [5.74, 6) is -0.236. The van der Waals surface area contributed by atoms with Crippen LogP contribution in [0.4, 0.5) is 5.69 Å². The van der Waals surface area contributed by atoms with Gasteiger partial charge in [-0.25, -0.2) is 0 Å². The van der Waals surface area contributed by atoms with Crippen molar-refractivity contribution in [3.05, 3.63) is 98.0 Å². The van der Waals surface area contributed by atoms with Gasteiger partial charge in [-0.05, 0) is 49.3 Å². The molecule has 0 spiro atoms. The predicted molar refractivity (Wildman–Crippen MR) is 133 cm³/mol. The average Bonchev–Trinajstić information content (AvgIpc) is 2.82. The van der Waals surface area contributed by atoms with Crippen LogP contribution in [0.3, 0.4) is 0 Å². The van der Waals surface area contributed by atoms with Gasteiger partial charge in [0, 0.05) is 17.0 Å². The molecule has 0 bridgehead atoms. The van der Waals surface area contributed by atoms with Crippen molar-refractivity contribution in [2.24, 2.45) is 0 Å². The Kier molecular flexibility index (Phi) is 7.68. The first-order chi connectivity index (χ1) is 15.5. The second kappa shape index (κ2) is 10.4. The van der Waals surface area contributed by atoms with Crippen LogP contribution in [0.1, 0.15) is 71.7 Å². The number of aromatic nitrogens is 1. The first kappa shape index (κ1) is 23.5. The Morgan fingerprint density at radius 1 is 0.844 bits per heavy atom. The van der Waals surface area contributed by atoms with Gasteiger partial charge in [0.25, 0.3) is 5.91 Å². The molecule has 168 valence electrons. The summed E-state index contributed by atoms with van der Waals surface area (Å²) in [6.45, 7) is 10.5. The van der Waals surface area contributed by atoms with E-state index in [1.165, 1.54) is 0 Å². The van der Waals surface area contributed by atoms with Crippen LogP contribution in [-0.2, 0) is 32.2 Å². The number of H-pyrrole nitrogens is 1. The monoisotopic (exact) mass is 430 g/mol. The van der Waals surface area contributed by atoms with Crippen molar-refractivity contribution in [1.82, 2.24) is 4.98 Å². The largest absolute Gasteiger partial charge is 0.361 e. The minimum Gasteiger partial charge on any atom is -0.361 e. The van der Waals surface area contributed by atoms with E-state index in [-0.39, 0.29) is 16.9 Å². The molecular formula is C28H34N2O2. The number of para-hydroxylation sites is 1. The molecule has 0 aliphatic heterocycles. The average molecular weight is 431 g/mol. The van der Waals surface area contributed by atoms with E-state index < -0.39 is 0 Å². The van der Waals surface area contributed by atoms with E-state index in [4.69, 9.17) is 0 Å². The number of pyridine rings is 1. The predicted octanol–water partition coefficient (Wildman–Crippen LogP) is 5.78. The molecular weight excluding hydrogens is 396 g/mol. The number of nitrogens with zero attached hydrogens (tertiary/aromatic N) is 1. The number of amides is 1. The Bertz CT molecular complexity index is 1120. The van der Waals surface area contributed by atoms with E-state index in [1.54, 1.807) is 0 Å². The molecule has 3 rings (SSSR count). The van der Waals surface area contributed by atoms with E-state index in [0.29, 0.717) is 24.2 Å². The van der Waals surface area contributed by atoms with Crippen molar-refractivity contribution < 1.29 is 4.79 Å². The Balaban J connectivity index is 2.25. The number of carbonyl (C=O) groups excluding carboxylic acids is 1. The molecule has 4 nitrogen and oxygen atoms in total. The number of aryl methyl sites for hydroxylation is 4. The number of benzene rings is 2. The summed E-state index contributed by atoms with van der Waals surface area (Å²) in [5.41, 5.74) is 6.57. The van der Waals surface area contributed by atoms with Gasteiger partial charge >= 0.3 is 0 Å². The summed E-state index contributed by atoms with van der Waals surface area (Å²) < 4.78 is 0. The molecule has 0 saturated heterocycles. The van der Waals surface area contributed by atoms with Gasteiger partial charge in [0.15, 0.2) is 5.43 Å². The molecule has 0 radical (unpaired) electrons. The lowest BCUT2D eigenvalue weighted by Crippen LogP contribution is -2.37. The number of carbonyl (C=O) groups is 1. The minimum atomic E-state index is -0.236. The highest BCUT2D eigenvalue weighted by atomic mass is 16.2. The Morgan fingerprint density at radius 2 is 1.47 bits per heavy atom. The molecule has 1 aromatic heterocycles. The zero-order chi connectivity index (χ0) is 23.3. The fraction of sp³-hybridized carbons (Fsp3) is 0.357. The van der Waals surface area contributed by atoms with Gasteiger partial charge in [0.2, 0.25) is 0 Å². The van der Waals surface area contributed by atoms with Crippen LogP contribution in [0.2, 0.25) is 0 Å². The number of nitrogens with one attached hydrogen (secondary N) is 1. The van der Waals surface area contributed by atoms with Crippen LogP contribution in [0, 0.1) is 6.92 Å². The normalized spacial score (nSPS) is 10.9. The molecule has 0 saturated carbocycles. The summed E-state index contributed by atoms with van der Waals surface area (Å²) >= 11 is 0. The number of rotatable bonds is 8. The Hall–Kier alpha value is -3.14. The van der Waals surface area contributed by atoms with E-state index in [9.17, 15) is 9.59 Å². The fourth-order valence-electron chi connectivity index (χ4n) is 4.47. The number of aromatic amines is 1. The molecule has 1 heterocycles. The summed E-state index contributed by atoms with van der Waals surface area (Å²) in [5, 5.41) is 0. The van der Waals surface area contributed by atoms with E-state index >= 15 is 0 Å². The van der Waals surface area contributed by atoms with Crippen LogP contribution in [-0.4, -0.2) is 10.9 Å². The van der Waals surface area contributed by atoms with Gasteiger partial charge in [0.1, 0.15) is 5.56 Å². The second-order valence-corrected chi connectivity index (χ2v) is 8.13. The lowest BCUT2D eigenvalue weighted by Gasteiger charge is -2.28. The van der Waals surface area contributed by atoms with Crippen LogP contribution < -0.4 is 10.3 Å². The van der Waals surface area contributed by atoms with Crippen molar-refractivity contribution >= 4 is 11.6 Å². The first-order valence-corrected chi connectivity index (χ1v) is 11.7. The van der Waals surface area contributed by atoms with Gasteiger partial charge in [-0.3, -0.25) is 9.59 Å². The Morgan fingerprint density at radius 3 is 2.00 bits per heavy atom. The summed E-state index contributed by atoms with van der Waals surface area (Å²) in [6, 6.07) is 16.2. The molecule has 0 aliphatic rings. The highest BCUT2D eigenvalue weighted by molar-refractivity contribution is 6.07. The summed E-state index contributed by atoms with van der Waals surface area (Å²) in [4.78, 5) is 32.7. The molecule has 0 fully saturated rings. The molecule has 0 unspecified atom stereocenters. The quantitative estimate of drug-likeness (QED) is 0.492. The molecule has 3 aromatic rings. The lowest BCUT2D eigenvalue weighted by molar-refractivity contribution is 0.0982. The topological polar surface area (TPSA) is 53.2 Å². The molecule has 32 heavy (non-hydrogen) atoms. The molecule has 4 heteroatoms. The maximum absolute atomic E-state index is 14.1. The van der Waals surface area contributed by atoms with E-state index in [1.807, 2.05) is 56.0 Å². The molecule has 1 N–H and O–H groups in total. The van der Waals surface area contributed by atoms with Crippen LogP contribution in [0.25, 0.3) is 0 Å². The highest BCUT2D eigenvalue weighted by Gasteiger charge is 2.27. The van der Waals surface area contributed by atoms with E-state index in [0.717, 1.165) is 47.3 Å². The molecule has 2 aromatic carbocycles. The first-order valence-electron chi connectivity index (χ1n) is 11.7. The summed E-state index contributed by atoms with van der Waals surface area (Å²) in [6.07, 6.45) is 2.96. The standard InChI is InChI=1S/C28H34N2O2/c1-6-21-16-13-17-22(7-2)26(21)30(18-20-14-11-10-12-15-20)28(32)25-19(5)29-24(9-4)23(8-3)27(25)31/h10-17H,6-9,18H2,1-5H3,(H,29,31). The van der Waals surface area contributed by atoms with Gasteiger partial charge in [-0.15, -0.1) is 0 Å². The lowest BCUT2D eigenvalue weighted by atomic mass is 9.98. The fourth-order valence-corrected chi connectivity index (χ4v) is 4.47. The molecule has 0 atom stereocenters. The third kappa shape index (κ3) is 4.55. The maximum atomic E-state index is 14.1. The van der Waals surface area contributed by atoms with Crippen molar-refractivity contribution in [2.45, 2.75) is 66.8 Å². The van der Waals surface area contributed by atoms with Gasteiger partial charge in [-0.1, -0.05) is 76.2 Å². The van der Waals surface area contributed by atoms with Crippen molar-refractivity contribution in [2.75, 3.05) is 4.90 Å². The minimum absolute atomic E-state index is 0.143. The van der Waals surface area contributed by atoms with Crippen LogP contribution in [0.15, 0.2) is 53.3 Å². The van der Waals surface area contributed by atoms with Crippen molar-refractivity contribution in [1.29, 1.82) is 0 Å². The van der Waals surface area contributed by atoms with Crippen molar-refractivity contribution in [3.63, 3.8) is 0 Å². The van der Waals surface area contributed by atoms with Crippen LogP contribution >= 0.6 is 0 Å². The highest BCUT2D eigenvalue weighted by Crippen LogP contribution is 2.30. The smallest absolute Gasteiger partial charge is 0.264 e. The van der Waals surface area contributed by atoms with E-state index in [2.05, 4.69) is 37.0 Å². The SMILES string of the molecule is CCc1cccc(CC)c1N(Cc1ccccc1)C(=O)c1c(C)[nH]c(CC)c(CC)c1=O. The van der Waals surface area contributed by atoms with Gasteiger partial charge in [0.05, 0.1) is 12.2 Å². The van der Waals surface area contributed by atoms with Crippen LogP contribution in [0.5, 0.6) is 0 Å². The zero-order valence-corrected chi connectivity index (χ0v) is 19.9. The zero-order valence-electron chi connectivity index (χ0n) is 19.9. The number of hydrogen-bond donors (Lipinski definition) is 1. The second-order valence-electron chi connectivity index (χ2n) is 8.13. The third-order valence-corrected chi connectivity index (χ3v) is 6.16. The maximum Gasteiger partial charge on any atom is 0.264 e. The molecule has 1 amide bonds. The molecule has 0 aliphatic carbocycles. The summed E-state index contributed by atoms with van der Waals surface area (Å²) in [7, 11) is 0. The number of anilines is 1. The van der Waals surface area contributed by atoms with Gasteiger partial charge in [-0.2, -0.15) is 0 Å². The number of hydrogen-bond acceptors (Lipinski definition) is 2. The van der Waals surface area contributed by atoms with Gasteiger partial charge < -0.3 is 9.88 Å². The van der Waals surface area contributed by atoms with Crippen molar-refractivity contribution in [3.8, 4) is 0 Å².